The molecular weight excluding hydrogens is 194 g/mol. The molecule has 0 spiro atoms. The van der Waals surface area contributed by atoms with Crippen LogP contribution in [0.1, 0.15) is 22.9 Å². The van der Waals surface area contributed by atoms with Crippen LogP contribution < -0.4 is 0 Å². The molecule has 0 aliphatic carbocycles. The fourth-order valence-electron chi connectivity index (χ4n) is 0.742. The highest BCUT2D eigenvalue weighted by Crippen LogP contribution is 2.23. The zero-order valence-corrected chi connectivity index (χ0v) is 8.87. The number of aromatic nitrogens is 1. The first kappa shape index (κ1) is 9.67. The molecule has 0 radical (unpaired) electrons. The summed E-state index contributed by atoms with van der Waals surface area (Å²) >= 11 is 1.39. The maximum atomic E-state index is 11.1. The van der Waals surface area contributed by atoms with E-state index in [1.807, 2.05) is 12.3 Å². The summed E-state index contributed by atoms with van der Waals surface area (Å²) in [6.07, 6.45) is 1.23. The van der Waals surface area contributed by atoms with E-state index in [9.17, 15) is 8.42 Å². The number of hydrogen-bond acceptors (Lipinski definition) is 4. The molecule has 5 heteroatoms. The molecule has 0 amide bonds. The van der Waals surface area contributed by atoms with Gasteiger partial charge >= 0.3 is 0 Å². The van der Waals surface area contributed by atoms with Crippen LogP contribution in [0.3, 0.4) is 0 Å². The van der Waals surface area contributed by atoms with E-state index in [0.29, 0.717) is 5.01 Å². The molecule has 1 aromatic heterocycles. The number of aryl methyl sites for hydroxylation is 1. The molecule has 12 heavy (non-hydrogen) atoms. The fraction of sp³-hybridized carbons (Fsp3) is 0.571. The molecule has 0 saturated heterocycles. The Morgan fingerprint density at radius 3 is 2.50 bits per heavy atom. The summed E-state index contributed by atoms with van der Waals surface area (Å²) in [5.41, 5.74) is 0.880. The van der Waals surface area contributed by atoms with Crippen molar-refractivity contribution in [3.63, 3.8) is 0 Å². The summed E-state index contributed by atoms with van der Waals surface area (Å²) in [7, 11) is -2.99. The zero-order chi connectivity index (χ0) is 9.35. The van der Waals surface area contributed by atoms with Crippen LogP contribution in [0.15, 0.2) is 5.38 Å². The van der Waals surface area contributed by atoms with Gasteiger partial charge in [-0.3, -0.25) is 0 Å². The Morgan fingerprint density at radius 1 is 1.58 bits per heavy atom. The van der Waals surface area contributed by atoms with Crippen LogP contribution in [-0.4, -0.2) is 19.7 Å². The van der Waals surface area contributed by atoms with Gasteiger partial charge in [0.2, 0.25) is 0 Å². The summed E-state index contributed by atoms with van der Waals surface area (Å²) in [5, 5.41) is 2.06. The molecule has 1 rings (SSSR count). The number of nitrogens with zero attached hydrogens (tertiary/aromatic N) is 1. The average Bonchev–Trinajstić information content (AvgIpc) is 2.32. The van der Waals surface area contributed by atoms with E-state index in [0.717, 1.165) is 5.69 Å². The molecule has 1 unspecified atom stereocenters. The quantitative estimate of drug-likeness (QED) is 0.736. The number of hydrogen-bond donors (Lipinski definition) is 0. The van der Waals surface area contributed by atoms with Gasteiger partial charge in [0.1, 0.15) is 10.3 Å². The minimum absolute atomic E-state index is 0.476. The first-order chi connectivity index (χ1) is 5.41. The first-order valence-corrected chi connectivity index (χ1v) is 6.35. The lowest BCUT2D eigenvalue weighted by atomic mass is 10.5. The largest absolute Gasteiger partial charge is 0.245 e. The summed E-state index contributed by atoms with van der Waals surface area (Å²) in [4.78, 5) is 4.12. The van der Waals surface area contributed by atoms with Gasteiger partial charge in [-0.1, -0.05) is 0 Å². The van der Waals surface area contributed by atoms with E-state index < -0.39 is 15.1 Å². The molecule has 1 heterocycles. The Balaban J connectivity index is 3.01. The molecule has 1 atom stereocenters. The standard InChI is InChI=1S/C7H11NO2S2/c1-5-4-11-7(8-5)6(2)12(3,9)10/h4,6H,1-3H3. The predicted molar refractivity (Wildman–Crippen MR) is 50.1 cm³/mol. The predicted octanol–water partition coefficient (Wildman–Crippen LogP) is 1.56. The third-order valence-corrected chi connectivity index (χ3v) is 4.43. The molecule has 0 aliphatic rings. The van der Waals surface area contributed by atoms with Crippen LogP contribution in [0.25, 0.3) is 0 Å². The molecule has 0 N–H and O–H groups in total. The second-order valence-corrected chi connectivity index (χ2v) is 6.05. The van der Waals surface area contributed by atoms with E-state index in [2.05, 4.69) is 4.98 Å². The number of thiazole rings is 1. The maximum absolute atomic E-state index is 11.1. The first-order valence-electron chi connectivity index (χ1n) is 3.52. The van der Waals surface area contributed by atoms with Gasteiger partial charge in [-0.05, 0) is 13.8 Å². The minimum Gasteiger partial charge on any atom is -0.245 e. The topological polar surface area (TPSA) is 47.0 Å². The van der Waals surface area contributed by atoms with Gasteiger partial charge in [-0.15, -0.1) is 11.3 Å². The van der Waals surface area contributed by atoms with Gasteiger partial charge in [0.15, 0.2) is 9.84 Å². The summed E-state index contributed by atoms with van der Waals surface area (Å²) in [5.74, 6) is 0. The molecule has 0 saturated carbocycles. The SMILES string of the molecule is Cc1csc(C(C)S(C)(=O)=O)n1. The fourth-order valence-corrected chi connectivity index (χ4v) is 2.58. The van der Waals surface area contributed by atoms with Crippen LogP contribution in [-0.2, 0) is 9.84 Å². The second-order valence-electron chi connectivity index (χ2n) is 2.80. The Labute approximate surface area is 76.4 Å². The van der Waals surface area contributed by atoms with Crippen LogP contribution in [0.2, 0.25) is 0 Å². The molecule has 0 aromatic carbocycles. The van der Waals surface area contributed by atoms with Crippen molar-refractivity contribution in [2.75, 3.05) is 6.26 Å². The Hall–Kier alpha value is -0.420. The molecule has 68 valence electrons. The Bertz CT molecular complexity index is 367. The highest BCUT2D eigenvalue weighted by atomic mass is 32.2. The van der Waals surface area contributed by atoms with E-state index in [4.69, 9.17) is 0 Å². The van der Waals surface area contributed by atoms with Crippen molar-refractivity contribution in [1.82, 2.24) is 4.98 Å². The van der Waals surface area contributed by atoms with E-state index in [1.165, 1.54) is 17.6 Å². The number of sulfone groups is 1. The van der Waals surface area contributed by atoms with Gasteiger partial charge in [-0.25, -0.2) is 13.4 Å². The minimum atomic E-state index is -2.99. The monoisotopic (exact) mass is 205 g/mol. The van der Waals surface area contributed by atoms with Crippen molar-refractivity contribution >= 4 is 21.2 Å². The van der Waals surface area contributed by atoms with Gasteiger partial charge in [0.25, 0.3) is 0 Å². The smallest absolute Gasteiger partial charge is 0.156 e. The highest BCUT2D eigenvalue weighted by Gasteiger charge is 2.19. The normalized spacial score (nSPS) is 14.6. The molecule has 3 nitrogen and oxygen atoms in total. The summed E-state index contributed by atoms with van der Waals surface area (Å²) in [6, 6.07) is 0. The lowest BCUT2D eigenvalue weighted by Crippen LogP contribution is -2.07. The maximum Gasteiger partial charge on any atom is 0.156 e. The van der Waals surface area contributed by atoms with E-state index in [-0.39, 0.29) is 0 Å². The second kappa shape index (κ2) is 3.14. The van der Waals surface area contributed by atoms with Crippen molar-refractivity contribution < 1.29 is 8.42 Å². The van der Waals surface area contributed by atoms with E-state index in [1.54, 1.807) is 6.92 Å². The molecular formula is C7H11NO2S2. The van der Waals surface area contributed by atoms with Crippen molar-refractivity contribution in [3.05, 3.63) is 16.1 Å². The van der Waals surface area contributed by atoms with Gasteiger partial charge in [0.05, 0.1) is 0 Å². The van der Waals surface area contributed by atoms with Crippen LogP contribution >= 0.6 is 11.3 Å². The Kier molecular flexibility index (Phi) is 2.53. The van der Waals surface area contributed by atoms with Crippen molar-refractivity contribution in [2.45, 2.75) is 19.1 Å². The van der Waals surface area contributed by atoms with Gasteiger partial charge < -0.3 is 0 Å². The lowest BCUT2D eigenvalue weighted by Gasteiger charge is -2.03. The van der Waals surface area contributed by atoms with Crippen LogP contribution in [0, 0.1) is 6.92 Å². The molecule has 0 bridgehead atoms. The van der Waals surface area contributed by atoms with Crippen molar-refractivity contribution in [1.29, 1.82) is 0 Å². The molecule has 0 aliphatic heterocycles. The number of rotatable bonds is 2. The van der Waals surface area contributed by atoms with Crippen LogP contribution in [0.5, 0.6) is 0 Å². The third-order valence-electron chi connectivity index (χ3n) is 1.63. The highest BCUT2D eigenvalue weighted by molar-refractivity contribution is 7.91. The van der Waals surface area contributed by atoms with Gasteiger partial charge in [0, 0.05) is 17.3 Å². The van der Waals surface area contributed by atoms with Crippen LogP contribution in [0.4, 0.5) is 0 Å². The van der Waals surface area contributed by atoms with E-state index >= 15 is 0 Å². The van der Waals surface area contributed by atoms with Gasteiger partial charge in [-0.2, -0.15) is 0 Å². The molecule has 1 aromatic rings. The molecule has 0 fully saturated rings. The van der Waals surface area contributed by atoms with Crippen molar-refractivity contribution in [3.8, 4) is 0 Å². The average molecular weight is 205 g/mol. The third kappa shape index (κ3) is 2.04. The summed E-state index contributed by atoms with van der Waals surface area (Å²) < 4.78 is 22.2. The lowest BCUT2D eigenvalue weighted by molar-refractivity contribution is 0.592. The van der Waals surface area contributed by atoms with Crippen molar-refractivity contribution in [2.24, 2.45) is 0 Å². The summed E-state index contributed by atoms with van der Waals surface area (Å²) in [6.45, 7) is 3.52. The zero-order valence-electron chi connectivity index (χ0n) is 7.23. The Morgan fingerprint density at radius 2 is 2.17 bits per heavy atom.